The lowest BCUT2D eigenvalue weighted by molar-refractivity contribution is -0.161. The first-order valence-corrected chi connectivity index (χ1v) is 12.8. The maximum atomic E-state index is 13.7. The van der Waals surface area contributed by atoms with E-state index in [-0.39, 0.29) is 12.0 Å². The third-order valence-electron chi connectivity index (χ3n) is 7.93. The summed E-state index contributed by atoms with van der Waals surface area (Å²) in [7, 11) is 2.30. The number of nitriles is 4. The Morgan fingerprint density at radius 3 is 2.00 bits per heavy atom. The zero-order valence-corrected chi connectivity index (χ0v) is 22.2. The van der Waals surface area contributed by atoms with Crippen LogP contribution < -0.4 is 0 Å². The zero-order chi connectivity index (χ0) is 28.9. The molecule has 0 bridgehead atoms. The molecule has 40 heavy (non-hydrogen) atoms. The van der Waals surface area contributed by atoms with Crippen LogP contribution in [0.3, 0.4) is 0 Å². The van der Waals surface area contributed by atoms with E-state index in [0.29, 0.717) is 41.5 Å². The van der Waals surface area contributed by atoms with Gasteiger partial charge in [0.15, 0.2) is 5.41 Å². The van der Waals surface area contributed by atoms with Crippen LogP contribution in [0, 0.1) is 68.5 Å². The quantitative estimate of drug-likeness (QED) is 0.386. The highest BCUT2D eigenvalue weighted by Crippen LogP contribution is 2.53. The predicted molar refractivity (Wildman–Crippen MR) is 144 cm³/mol. The third kappa shape index (κ3) is 4.51. The molecule has 2 aliphatic rings. The Kier molecular flexibility index (Phi) is 8.14. The summed E-state index contributed by atoms with van der Waals surface area (Å²) < 4.78 is 10.4. The van der Waals surface area contributed by atoms with E-state index in [1.807, 2.05) is 36.4 Å². The Hall–Kier alpha value is -5.18. The lowest BCUT2D eigenvalue weighted by Gasteiger charge is -2.40. The average Bonchev–Trinajstić information content (AvgIpc) is 3.01. The number of allylic oxidation sites excluding steroid dienone is 4. The number of benzene rings is 2. The largest absolute Gasteiger partial charge is 0.469 e. The molecule has 3 atom stereocenters. The highest BCUT2D eigenvalue weighted by molar-refractivity contribution is 5.92. The second-order valence-electron chi connectivity index (χ2n) is 9.71. The van der Waals surface area contributed by atoms with Gasteiger partial charge in [0.25, 0.3) is 0 Å². The van der Waals surface area contributed by atoms with Crippen molar-refractivity contribution in [2.75, 3.05) is 14.2 Å². The molecule has 0 amide bonds. The highest BCUT2D eigenvalue weighted by Gasteiger charge is 2.58. The monoisotopic (exact) mass is 530 g/mol. The number of carbonyl (C=O) groups is 2. The minimum Gasteiger partial charge on any atom is -0.469 e. The first kappa shape index (κ1) is 27.8. The summed E-state index contributed by atoms with van der Waals surface area (Å²) in [6.07, 6.45) is 3.74. The van der Waals surface area contributed by atoms with E-state index in [4.69, 9.17) is 9.47 Å². The predicted octanol–water partition coefficient (Wildman–Crippen LogP) is 4.69. The summed E-state index contributed by atoms with van der Waals surface area (Å²) in [5, 5.41) is 41.2. The van der Waals surface area contributed by atoms with Crippen molar-refractivity contribution in [1.29, 1.82) is 21.0 Å². The van der Waals surface area contributed by atoms with Crippen LogP contribution in [0.15, 0.2) is 60.2 Å². The van der Waals surface area contributed by atoms with Crippen molar-refractivity contribution in [1.82, 2.24) is 0 Å². The molecule has 198 valence electrons. The van der Waals surface area contributed by atoms with Gasteiger partial charge in [0.1, 0.15) is 23.6 Å². The van der Waals surface area contributed by atoms with Crippen LogP contribution in [-0.4, -0.2) is 26.2 Å². The second-order valence-corrected chi connectivity index (χ2v) is 9.71. The average molecular weight is 531 g/mol. The lowest BCUT2D eigenvalue weighted by Crippen LogP contribution is -2.48. The third-order valence-corrected chi connectivity index (χ3v) is 7.93. The van der Waals surface area contributed by atoms with Gasteiger partial charge in [-0.25, -0.2) is 0 Å². The van der Waals surface area contributed by atoms with E-state index in [1.54, 1.807) is 30.3 Å². The van der Waals surface area contributed by atoms with Crippen molar-refractivity contribution >= 4 is 23.1 Å². The summed E-state index contributed by atoms with van der Waals surface area (Å²) in [6, 6.07) is 22.6. The Bertz CT molecular complexity index is 1560. The molecule has 2 aliphatic carbocycles. The van der Waals surface area contributed by atoms with Crippen LogP contribution in [0.4, 0.5) is 0 Å². The molecule has 0 heterocycles. The van der Waals surface area contributed by atoms with Gasteiger partial charge in [-0.05, 0) is 59.1 Å². The van der Waals surface area contributed by atoms with Crippen molar-refractivity contribution in [3.63, 3.8) is 0 Å². The molecule has 3 unspecified atom stereocenters. The number of carbonyl (C=O) groups excluding carboxylic acids is 2. The number of nitrogens with zero attached hydrogens (tertiary/aromatic N) is 4. The number of ether oxygens (including phenoxy) is 2. The van der Waals surface area contributed by atoms with E-state index >= 15 is 0 Å². The SMILES string of the molecule is COC(=O)C(C1CCc2ccccc2C1=C(C#N)C#N)C(C(=O)OC)C(C#N)(C#N)C1=CCCc2ccccc21. The van der Waals surface area contributed by atoms with Crippen LogP contribution >= 0.6 is 0 Å². The maximum Gasteiger partial charge on any atom is 0.312 e. The minimum absolute atomic E-state index is 0.212. The van der Waals surface area contributed by atoms with E-state index in [2.05, 4.69) is 12.1 Å². The van der Waals surface area contributed by atoms with Gasteiger partial charge in [-0.3, -0.25) is 9.59 Å². The van der Waals surface area contributed by atoms with Gasteiger partial charge in [-0.2, -0.15) is 21.0 Å². The van der Waals surface area contributed by atoms with E-state index < -0.39 is 35.1 Å². The number of fused-ring (bicyclic) bond motifs is 2. The molecule has 0 radical (unpaired) electrons. The summed E-state index contributed by atoms with van der Waals surface area (Å²) in [4.78, 5) is 27.4. The van der Waals surface area contributed by atoms with Gasteiger partial charge >= 0.3 is 11.9 Å². The molecule has 0 aliphatic heterocycles. The fourth-order valence-corrected chi connectivity index (χ4v) is 6.18. The Balaban J connectivity index is 2.03. The molecular formula is C32H26N4O4. The van der Waals surface area contributed by atoms with Gasteiger partial charge in [0.2, 0.25) is 0 Å². The lowest BCUT2D eigenvalue weighted by atomic mass is 9.58. The Morgan fingerprint density at radius 2 is 1.43 bits per heavy atom. The first-order valence-electron chi connectivity index (χ1n) is 12.8. The van der Waals surface area contributed by atoms with Gasteiger partial charge in [-0.1, -0.05) is 54.6 Å². The molecule has 8 heteroatoms. The molecule has 0 fully saturated rings. The first-order chi connectivity index (χ1) is 19.4. The van der Waals surface area contributed by atoms with Gasteiger partial charge < -0.3 is 9.47 Å². The molecule has 2 aromatic rings. The standard InChI is InChI=1S/C32H26N4O4/c1-39-30(37)28(25-15-14-21-9-4-6-12-24(21)27(25)22(16-33)17-34)29(31(38)40-2)32(18-35,19-36)26-13-7-10-20-8-3-5-11-23(20)26/h3-6,8-9,11-13,25,28-29H,7,10,14-15H2,1-2H3. The maximum absolute atomic E-state index is 13.7. The summed E-state index contributed by atoms with van der Waals surface area (Å²) in [6.45, 7) is 0. The molecule has 8 nitrogen and oxygen atoms in total. The summed E-state index contributed by atoms with van der Waals surface area (Å²) in [5.41, 5.74) is 1.32. The normalized spacial score (nSPS) is 17.1. The Morgan fingerprint density at radius 1 is 0.850 bits per heavy atom. The van der Waals surface area contributed by atoms with Gasteiger partial charge in [-0.15, -0.1) is 0 Å². The van der Waals surface area contributed by atoms with E-state index in [0.717, 1.165) is 25.3 Å². The zero-order valence-electron chi connectivity index (χ0n) is 22.2. The second kappa shape index (κ2) is 11.7. The van der Waals surface area contributed by atoms with E-state index in [1.165, 1.54) is 0 Å². The van der Waals surface area contributed by atoms with E-state index in [9.17, 15) is 30.6 Å². The minimum atomic E-state index is -2.13. The van der Waals surface area contributed by atoms with Crippen molar-refractivity contribution in [2.45, 2.75) is 25.7 Å². The number of rotatable bonds is 6. The topological polar surface area (TPSA) is 148 Å². The molecule has 0 saturated heterocycles. The van der Waals surface area contributed by atoms with Crippen molar-refractivity contribution in [3.05, 3.63) is 82.4 Å². The fraction of sp³-hybridized carbons (Fsp3) is 0.312. The molecule has 0 aromatic heterocycles. The van der Waals surface area contributed by atoms with Crippen LogP contribution in [0.25, 0.3) is 11.1 Å². The number of methoxy groups -OCH3 is 2. The summed E-state index contributed by atoms with van der Waals surface area (Å²) in [5.74, 6) is -5.70. The van der Waals surface area contributed by atoms with Crippen LogP contribution in [-0.2, 0) is 31.9 Å². The highest BCUT2D eigenvalue weighted by atomic mass is 16.5. The van der Waals surface area contributed by atoms with Crippen molar-refractivity contribution < 1.29 is 19.1 Å². The number of aryl methyl sites for hydroxylation is 2. The van der Waals surface area contributed by atoms with Crippen molar-refractivity contribution in [3.8, 4) is 24.3 Å². The molecule has 0 spiro atoms. The fourth-order valence-electron chi connectivity index (χ4n) is 6.18. The van der Waals surface area contributed by atoms with Crippen LogP contribution in [0.1, 0.15) is 35.1 Å². The molecule has 0 saturated carbocycles. The van der Waals surface area contributed by atoms with Gasteiger partial charge in [0, 0.05) is 5.92 Å². The molecule has 4 rings (SSSR count). The van der Waals surface area contributed by atoms with Crippen LogP contribution in [0.5, 0.6) is 0 Å². The number of esters is 2. The smallest absolute Gasteiger partial charge is 0.312 e. The number of hydrogen-bond acceptors (Lipinski definition) is 8. The molecular weight excluding hydrogens is 504 g/mol. The van der Waals surface area contributed by atoms with Gasteiger partial charge in [0.05, 0.1) is 32.3 Å². The summed E-state index contributed by atoms with van der Waals surface area (Å²) >= 11 is 0. The Labute approximate surface area is 233 Å². The molecule has 2 aromatic carbocycles. The van der Waals surface area contributed by atoms with Crippen LogP contribution in [0.2, 0.25) is 0 Å². The van der Waals surface area contributed by atoms with Crippen molar-refractivity contribution in [2.24, 2.45) is 23.2 Å². The number of hydrogen-bond donors (Lipinski definition) is 0. The molecule has 0 N–H and O–H groups in total.